The van der Waals surface area contributed by atoms with Crippen LogP contribution in [0, 0.1) is 0 Å². The number of rotatable bonds is 10. The lowest BCUT2D eigenvalue weighted by molar-refractivity contribution is -0.137. The predicted octanol–water partition coefficient (Wildman–Crippen LogP) is 1.27. The largest absolute Gasteiger partial charge is 0.481 e. The summed E-state index contributed by atoms with van der Waals surface area (Å²) in [5, 5.41) is 14.1. The first-order valence-electron chi connectivity index (χ1n) is 7.01. The molecule has 0 fully saturated rings. The van der Waals surface area contributed by atoms with Gasteiger partial charge in [-0.25, -0.2) is 4.79 Å². The minimum atomic E-state index is -0.896. The van der Waals surface area contributed by atoms with E-state index < -0.39 is 5.97 Å². The average Bonchev–Trinajstić information content (AvgIpc) is 2.36. The summed E-state index contributed by atoms with van der Waals surface area (Å²) >= 11 is 0. The molecule has 3 N–H and O–H groups in total. The van der Waals surface area contributed by atoms with E-state index in [0.29, 0.717) is 13.0 Å². The third-order valence-electron chi connectivity index (χ3n) is 2.95. The van der Waals surface area contributed by atoms with E-state index in [9.17, 15) is 9.59 Å². The van der Waals surface area contributed by atoms with Crippen molar-refractivity contribution < 1.29 is 14.7 Å². The molecule has 0 rings (SSSR count). The Morgan fingerprint density at radius 2 is 1.89 bits per heavy atom. The molecule has 6 heteroatoms. The van der Waals surface area contributed by atoms with Crippen LogP contribution in [0.4, 0.5) is 4.79 Å². The summed E-state index contributed by atoms with van der Waals surface area (Å²) in [4.78, 5) is 24.4. The smallest absolute Gasteiger partial charge is 0.315 e. The van der Waals surface area contributed by atoms with Crippen LogP contribution in [0.15, 0.2) is 0 Å². The van der Waals surface area contributed by atoms with E-state index in [2.05, 4.69) is 29.4 Å². The second kappa shape index (κ2) is 10.6. The number of carbonyl (C=O) groups is 2. The fraction of sp³-hybridized carbons (Fsp3) is 0.846. The van der Waals surface area contributed by atoms with E-state index in [1.807, 2.05) is 6.92 Å². The number of nitrogens with zero attached hydrogens (tertiary/aromatic N) is 1. The highest BCUT2D eigenvalue weighted by molar-refractivity contribution is 5.75. The lowest BCUT2D eigenvalue weighted by Crippen LogP contribution is -2.45. The molecule has 0 bridgehead atoms. The maximum Gasteiger partial charge on any atom is 0.315 e. The van der Waals surface area contributed by atoms with Gasteiger partial charge in [0.15, 0.2) is 0 Å². The van der Waals surface area contributed by atoms with Crippen molar-refractivity contribution in [2.75, 3.05) is 26.2 Å². The first-order valence-corrected chi connectivity index (χ1v) is 7.01. The van der Waals surface area contributed by atoms with Crippen molar-refractivity contribution in [3.8, 4) is 0 Å². The number of hydrogen-bond donors (Lipinski definition) is 3. The summed E-state index contributed by atoms with van der Waals surface area (Å²) in [5.74, 6) is -0.896. The van der Waals surface area contributed by atoms with Crippen LogP contribution in [0.1, 0.15) is 40.0 Å². The fourth-order valence-corrected chi connectivity index (χ4v) is 1.82. The molecule has 0 saturated heterocycles. The molecule has 6 nitrogen and oxygen atoms in total. The number of carbonyl (C=O) groups excluding carboxylic acids is 1. The molecular formula is C13H27N3O3. The van der Waals surface area contributed by atoms with Crippen molar-refractivity contribution in [2.24, 2.45) is 0 Å². The van der Waals surface area contributed by atoms with Gasteiger partial charge in [-0.2, -0.15) is 0 Å². The summed E-state index contributed by atoms with van der Waals surface area (Å²) in [6, 6.07) is -0.601. The number of aliphatic carboxylic acids is 1. The molecule has 0 aromatic carbocycles. The van der Waals surface area contributed by atoms with E-state index >= 15 is 0 Å². The number of likely N-dealkylation sites (N-methyl/N-ethyl adjacent to an activating group) is 1. The molecule has 0 saturated carbocycles. The van der Waals surface area contributed by atoms with Crippen LogP contribution in [0.25, 0.3) is 0 Å². The molecule has 0 aliphatic rings. The summed E-state index contributed by atoms with van der Waals surface area (Å²) < 4.78 is 0. The van der Waals surface area contributed by atoms with E-state index in [-0.39, 0.29) is 18.5 Å². The lowest BCUT2D eigenvalue weighted by Gasteiger charge is -2.20. The minimum Gasteiger partial charge on any atom is -0.481 e. The Morgan fingerprint density at radius 3 is 2.37 bits per heavy atom. The van der Waals surface area contributed by atoms with Gasteiger partial charge in [0.25, 0.3) is 0 Å². The van der Waals surface area contributed by atoms with Crippen molar-refractivity contribution in [2.45, 2.75) is 46.1 Å². The molecule has 0 aromatic heterocycles. The van der Waals surface area contributed by atoms with Gasteiger partial charge in [-0.15, -0.1) is 0 Å². The topological polar surface area (TPSA) is 81.7 Å². The fourth-order valence-electron chi connectivity index (χ4n) is 1.82. The molecule has 19 heavy (non-hydrogen) atoms. The van der Waals surface area contributed by atoms with Gasteiger partial charge in [0.05, 0.1) is 6.42 Å². The van der Waals surface area contributed by atoms with Crippen LogP contribution in [-0.4, -0.2) is 54.2 Å². The van der Waals surface area contributed by atoms with E-state index in [1.54, 1.807) is 0 Å². The van der Waals surface area contributed by atoms with E-state index in [1.165, 1.54) is 0 Å². The molecule has 0 spiro atoms. The Kier molecular flexibility index (Phi) is 9.88. The number of hydrogen-bond acceptors (Lipinski definition) is 3. The van der Waals surface area contributed by atoms with Crippen molar-refractivity contribution in [1.82, 2.24) is 15.5 Å². The number of urea groups is 1. The molecular weight excluding hydrogens is 246 g/mol. The van der Waals surface area contributed by atoms with Gasteiger partial charge in [0.1, 0.15) is 0 Å². The molecule has 0 heterocycles. The van der Waals surface area contributed by atoms with Crippen molar-refractivity contribution in [1.29, 1.82) is 0 Å². The summed E-state index contributed by atoms with van der Waals surface area (Å²) in [6.45, 7) is 9.45. The van der Waals surface area contributed by atoms with Crippen molar-refractivity contribution in [3.63, 3.8) is 0 Å². The normalized spacial score (nSPS) is 12.2. The highest BCUT2D eigenvalue weighted by Crippen LogP contribution is 1.97. The third-order valence-corrected chi connectivity index (χ3v) is 2.95. The highest BCUT2D eigenvalue weighted by atomic mass is 16.4. The number of carboxylic acids is 1. The zero-order chi connectivity index (χ0) is 14.7. The standard InChI is InChI=1S/C13H27N3O3/c1-4-8-16(6-3)9-7-14-13(19)15-11(5-2)10-12(17)18/h11H,4-10H2,1-3H3,(H,17,18)(H2,14,15,19). The van der Waals surface area contributed by atoms with Crippen LogP contribution >= 0.6 is 0 Å². The number of amides is 2. The van der Waals surface area contributed by atoms with Gasteiger partial charge in [-0.3, -0.25) is 4.79 Å². The summed E-state index contributed by atoms with van der Waals surface area (Å²) in [6.07, 6.45) is 1.66. The van der Waals surface area contributed by atoms with Gasteiger partial charge >= 0.3 is 12.0 Å². The van der Waals surface area contributed by atoms with Crippen LogP contribution in [0.2, 0.25) is 0 Å². The molecule has 1 atom stereocenters. The zero-order valence-corrected chi connectivity index (χ0v) is 12.2. The molecule has 1 unspecified atom stereocenters. The first-order chi connectivity index (χ1) is 9.03. The van der Waals surface area contributed by atoms with Crippen LogP contribution in [-0.2, 0) is 4.79 Å². The van der Waals surface area contributed by atoms with Crippen molar-refractivity contribution in [3.05, 3.63) is 0 Å². The Bertz CT molecular complexity index is 272. The molecule has 0 aromatic rings. The van der Waals surface area contributed by atoms with E-state index in [0.717, 1.165) is 26.1 Å². The quantitative estimate of drug-likeness (QED) is 0.560. The van der Waals surface area contributed by atoms with Crippen LogP contribution in [0.3, 0.4) is 0 Å². The lowest BCUT2D eigenvalue weighted by atomic mass is 10.1. The Labute approximate surface area is 115 Å². The van der Waals surface area contributed by atoms with Gasteiger partial charge < -0.3 is 20.6 Å². The monoisotopic (exact) mass is 273 g/mol. The van der Waals surface area contributed by atoms with Gasteiger partial charge in [0, 0.05) is 19.1 Å². The molecule has 2 amide bonds. The highest BCUT2D eigenvalue weighted by Gasteiger charge is 2.13. The maximum atomic E-state index is 11.6. The second-order valence-corrected chi connectivity index (χ2v) is 4.54. The molecule has 112 valence electrons. The molecule has 0 aliphatic heterocycles. The van der Waals surface area contributed by atoms with Crippen LogP contribution in [0.5, 0.6) is 0 Å². The molecule has 0 aliphatic carbocycles. The van der Waals surface area contributed by atoms with Crippen molar-refractivity contribution >= 4 is 12.0 Å². The van der Waals surface area contributed by atoms with Crippen LogP contribution < -0.4 is 10.6 Å². The van der Waals surface area contributed by atoms with Gasteiger partial charge in [0.2, 0.25) is 0 Å². The number of nitrogens with one attached hydrogen (secondary N) is 2. The van der Waals surface area contributed by atoms with E-state index in [4.69, 9.17) is 5.11 Å². The predicted molar refractivity (Wildman–Crippen MR) is 75.3 cm³/mol. The number of carboxylic acid groups (broad SMARTS) is 1. The third kappa shape index (κ3) is 9.30. The summed E-state index contributed by atoms with van der Waals surface area (Å²) in [5.41, 5.74) is 0. The first kappa shape index (κ1) is 17.7. The van der Waals surface area contributed by atoms with Gasteiger partial charge in [-0.1, -0.05) is 20.8 Å². The second-order valence-electron chi connectivity index (χ2n) is 4.54. The zero-order valence-electron chi connectivity index (χ0n) is 12.2. The Hall–Kier alpha value is -1.30. The SMILES string of the molecule is CCCN(CC)CCNC(=O)NC(CC)CC(=O)O. The Balaban J connectivity index is 3.87. The minimum absolute atomic E-state index is 0.0408. The average molecular weight is 273 g/mol. The Morgan fingerprint density at radius 1 is 1.21 bits per heavy atom. The molecule has 0 radical (unpaired) electrons. The maximum absolute atomic E-state index is 11.6. The summed E-state index contributed by atoms with van der Waals surface area (Å²) in [7, 11) is 0. The van der Waals surface area contributed by atoms with Gasteiger partial charge in [-0.05, 0) is 25.9 Å².